The number of ether oxygens (including phenoxy) is 1. The normalized spacial score (nSPS) is 18.0. The fraction of sp³-hybridized carbons (Fsp3) is 0.167. The van der Waals surface area contributed by atoms with Crippen LogP contribution in [-0.2, 0) is 6.42 Å². The van der Waals surface area contributed by atoms with Gasteiger partial charge in [0.15, 0.2) is 0 Å². The number of hydrogen-bond donors (Lipinski definition) is 2. The molecule has 1 amide bonds. The largest absolute Gasteiger partial charge is 0.497 e. The maximum absolute atomic E-state index is 11.1. The van der Waals surface area contributed by atoms with Gasteiger partial charge in [-0.15, -0.1) is 0 Å². The van der Waals surface area contributed by atoms with Gasteiger partial charge in [0.1, 0.15) is 5.75 Å². The van der Waals surface area contributed by atoms with E-state index in [-0.39, 0.29) is 6.04 Å². The van der Waals surface area contributed by atoms with Crippen molar-refractivity contribution in [3.63, 3.8) is 0 Å². The van der Waals surface area contributed by atoms with Gasteiger partial charge in [-0.05, 0) is 46.9 Å². The van der Waals surface area contributed by atoms with Crippen molar-refractivity contribution in [1.29, 1.82) is 0 Å². The van der Waals surface area contributed by atoms with E-state index in [9.17, 15) is 4.79 Å². The zero-order chi connectivity index (χ0) is 15.5. The minimum atomic E-state index is -1.01. The number of rotatable bonds is 3. The van der Waals surface area contributed by atoms with Gasteiger partial charge in [-0.25, -0.2) is 4.79 Å². The molecule has 0 radical (unpaired) electrons. The smallest absolute Gasteiger partial charge is 0.405 e. The van der Waals surface area contributed by atoms with Crippen molar-refractivity contribution in [2.45, 2.75) is 12.5 Å². The Morgan fingerprint density at radius 3 is 2.73 bits per heavy atom. The van der Waals surface area contributed by atoms with Gasteiger partial charge in [0, 0.05) is 0 Å². The Morgan fingerprint density at radius 1 is 1.27 bits per heavy atom. The quantitative estimate of drug-likeness (QED) is 0.912. The van der Waals surface area contributed by atoms with E-state index in [1.54, 1.807) is 7.11 Å². The first-order valence-electron chi connectivity index (χ1n) is 7.11. The van der Waals surface area contributed by atoms with Gasteiger partial charge in [-0.3, -0.25) is 0 Å². The van der Waals surface area contributed by atoms with E-state index in [1.807, 2.05) is 54.6 Å². The van der Waals surface area contributed by atoms with Crippen molar-refractivity contribution in [3.05, 3.63) is 65.2 Å². The number of carbonyl (C=O) groups is 1. The van der Waals surface area contributed by atoms with Gasteiger partial charge < -0.3 is 15.2 Å². The summed E-state index contributed by atoms with van der Waals surface area (Å²) in [7, 11) is 1.63. The standard InChI is InChI=1S/C18H17NO3/c1-22-14-8-7-13-10-17(19-18(20)21)16(15(13)11-14)9-12-5-3-2-4-6-12/h2-9,11,17,19H,10H2,1H3,(H,20,21). The summed E-state index contributed by atoms with van der Waals surface area (Å²) in [5.41, 5.74) is 4.19. The lowest BCUT2D eigenvalue weighted by atomic mass is 10.0. The summed E-state index contributed by atoms with van der Waals surface area (Å²) >= 11 is 0. The van der Waals surface area contributed by atoms with Crippen molar-refractivity contribution in [3.8, 4) is 5.75 Å². The molecule has 112 valence electrons. The van der Waals surface area contributed by atoms with Crippen LogP contribution >= 0.6 is 0 Å². The Balaban J connectivity index is 2.06. The van der Waals surface area contributed by atoms with Crippen LogP contribution in [0.2, 0.25) is 0 Å². The SMILES string of the molecule is COc1ccc2c(c1)C(=Cc1ccccc1)C(NC(=O)O)C2. The van der Waals surface area contributed by atoms with Gasteiger partial charge in [0.05, 0.1) is 13.2 Å². The molecule has 4 heteroatoms. The zero-order valence-electron chi connectivity index (χ0n) is 12.2. The summed E-state index contributed by atoms with van der Waals surface area (Å²) < 4.78 is 5.29. The summed E-state index contributed by atoms with van der Waals surface area (Å²) in [6.07, 6.45) is 1.68. The molecule has 0 saturated heterocycles. The molecule has 4 nitrogen and oxygen atoms in total. The number of hydrogen-bond acceptors (Lipinski definition) is 2. The summed E-state index contributed by atoms with van der Waals surface area (Å²) in [5, 5.41) is 11.7. The highest BCUT2D eigenvalue weighted by Gasteiger charge is 2.28. The number of carboxylic acid groups (broad SMARTS) is 1. The van der Waals surface area contributed by atoms with Crippen molar-refractivity contribution in [2.75, 3.05) is 7.11 Å². The molecular weight excluding hydrogens is 278 g/mol. The molecule has 0 spiro atoms. The highest BCUT2D eigenvalue weighted by Crippen LogP contribution is 2.36. The van der Waals surface area contributed by atoms with Crippen molar-refractivity contribution >= 4 is 17.7 Å². The van der Waals surface area contributed by atoms with E-state index in [4.69, 9.17) is 9.84 Å². The average Bonchev–Trinajstić information content (AvgIpc) is 2.84. The van der Waals surface area contributed by atoms with Crippen LogP contribution in [0.15, 0.2) is 48.5 Å². The van der Waals surface area contributed by atoms with Crippen LogP contribution in [-0.4, -0.2) is 24.4 Å². The van der Waals surface area contributed by atoms with Gasteiger partial charge in [-0.1, -0.05) is 36.4 Å². The lowest BCUT2D eigenvalue weighted by Crippen LogP contribution is -2.33. The zero-order valence-corrected chi connectivity index (χ0v) is 12.2. The maximum atomic E-state index is 11.1. The third-order valence-electron chi connectivity index (χ3n) is 3.85. The Morgan fingerprint density at radius 2 is 2.05 bits per heavy atom. The number of benzene rings is 2. The number of fused-ring (bicyclic) bond motifs is 1. The molecular formula is C18H17NO3. The Kier molecular flexibility index (Phi) is 3.83. The molecule has 0 saturated carbocycles. The molecule has 1 unspecified atom stereocenters. The average molecular weight is 295 g/mol. The third kappa shape index (κ3) is 2.81. The number of nitrogens with one attached hydrogen (secondary N) is 1. The Bertz CT molecular complexity index is 722. The number of amides is 1. The summed E-state index contributed by atoms with van der Waals surface area (Å²) in [4.78, 5) is 11.1. The summed E-state index contributed by atoms with van der Waals surface area (Å²) in [6, 6.07) is 15.5. The molecule has 3 rings (SSSR count). The van der Waals surface area contributed by atoms with Gasteiger partial charge in [0.25, 0.3) is 0 Å². The molecule has 22 heavy (non-hydrogen) atoms. The molecule has 0 aliphatic heterocycles. The second-order valence-corrected chi connectivity index (χ2v) is 5.24. The van der Waals surface area contributed by atoms with Gasteiger partial charge in [0.2, 0.25) is 0 Å². The lowest BCUT2D eigenvalue weighted by Gasteiger charge is -2.13. The first-order chi connectivity index (χ1) is 10.7. The summed E-state index contributed by atoms with van der Waals surface area (Å²) in [6.45, 7) is 0. The van der Waals surface area contributed by atoms with Gasteiger partial charge in [-0.2, -0.15) is 0 Å². The lowest BCUT2D eigenvalue weighted by molar-refractivity contribution is 0.192. The second-order valence-electron chi connectivity index (χ2n) is 5.24. The molecule has 0 bridgehead atoms. The highest BCUT2D eigenvalue weighted by molar-refractivity contribution is 5.90. The van der Waals surface area contributed by atoms with E-state index in [0.29, 0.717) is 6.42 Å². The first-order valence-corrected chi connectivity index (χ1v) is 7.11. The van der Waals surface area contributed by atoms with Crippen molar-refractivity contribution < 1.29 is 14.6 Å². The minimum absolute atomic E-state index is 0.236. The van der Waals surface area contributed by atoms with E-state index in [1.165, 1.54) is 0 Å². The molecule has 2 aromatic rings. The van der Waals surface area contributed by atoms with Crippen LogP contribution < -0.4 is 10.1 Å². The fourth-order valence-corrected chi connectivity index (χ4v) is 2.83. The van der Waals surface area contributed by atoms with Crippen LogP contribution in [0.25, 0.3) is 11.6 Å². The maximum Gasteiger partial charge on any atom is 0.405 e. The van der Waals surface area contributed by atoms with Crippen LogP contribution in [0.3, 0.4) is 0 Å². The Labute approximate surface area is 129 Å². The van der Waals surface area contributed by atoms with Crippen LogP contribution in [0, 0.1) is 0 Å². The molecule has 1 aliphatic carbocycles. The van der Waals surface area contributed by atoms with E-state index >= 15 is 0 Å². The topological polar surface area (TPSA) is 58.6 Å². The van der Waals surface area contributed by atoms with E-state index in [2.05, 4.69) is 5.32 Å². The molecule has 2 N–H and O–H groups in total. The van der Waals surface area contributed by atoms with Crippen LogP contribution in [0.5, 0.6) is 5.75 Å². The predicted octanol–water partition coefficient (Wildman–Crippen LogP) is 3.43. The number of methoxy groups -OCH3 is 1. The van der Waals surface area contributed by atoms with Crippen LogP contribution in [0.4, 0.5) is 4.79 Å². The highest BCUT2D eigenvalue weighted by atomic mass is 16.5. The first kappa shape index (κ1) is 14.2. The molecule has 0 heterocycles. The van der Waals surface area contributed by atoms with E-state index in [0.717, 1.165) is 28.0 Å². The molecule has 1 aliphatic rings. The fourth-order valence-electron chi connectivity index (χ4n) is 2.83. The van der Waals surface area contributed by atoms with E-state index < -0.39 is 6.09 Å². The van der Waals surface area contributed by atoms with Crippen LogP contribution in [0.1, 0.15) is 16.7 Å². The molecule has 1 atom stereocenters. The summed E-state index contributed by atoms with van der Waals surface area (Å²) in [5.74, 6) is 0.772. The monoisotopic (exact) mass is 295 g/mol. The Hall–Kier alpha value is -2.75. The van der Waals surface area contributed by atoms with Crippen molar-refractivity contribution in [2.24, 2.45) is 0 Å². The minimum Gasteiger partial charge on any atom is -0.497 e. The molecule has 0 aromatic heterocycles. The molecule has 2 aromatic carbocycles. The van der Waals surface area contributed by atoms with Crippen molar-refractivity contribution in [1.82, 2.24) is 5.32 Å². The molecule has 0 fully saturated rings. The second kappa shape index (κ2) is 5.93. The predicted molar refractivity (Wildman–Crippen MR) is 86.0 cm³/mol. The van der Waals surface area contributed by atoms with Gasteiger partial charge >= 0.3 is 6.09 Å². The third-order valence-corrected chi connectivity index (χ3v) is 3.85.